The molecule has 1 aromatic heterocycles. The summed E-state index contributed by atoms with van der Waals surface area (Å²) in [6.07, 6.45) is -0.874. The molecule has 0 saturated carbocycles. The summed E-state index contributed by atoms with van der Waals surface area (Å²) in [4.78, 5) is 56.4. The van der Waals surface area contributed by atoms with Gasteiger partial charge in [-0.2, -0.15) is 4.98 Å². The van der Waals surface area contributed by atoms with Crippen molar-refractivity contribution in [1.82, 2.24) is 15.3 Å². The van der Waals surface area contributed by atoms with Crippen LogP contribution in [0.3, 0.4) is 0 Å². The molecule has 13 nitrogen and oxygen atoms in total. The molecule has 2 heterocycles. The second-order valence-electron chi connectivity index (χ2n) is 6.87. The third-order valence-corrected chi connectivity index (χ3v) is 4.51. The number of hydrogen-bond donors (Lipinski definition) is 5. The van der Waals surface area contributed by atoms with Gasteiger partial charge in [-0.1, -0.05) is 0 Å². The van der Waals surface area contributed by atoms with E-state index in [-0.39, 0.29) is 61.3 Å². The van der Waals surface area contributed by atoms with E-state index in [2.05, 4.69) is 30.9 Å². The minimum Gasteiger partial charge on any atom is -0.550 e. The summed E-state index contributed by atoms with van der Waals surface area (Å²) in [6, 6.07) is 4.69. The zero-order valence-corrected chi connectivity index (χ0v) is 18.6. The van der Waals surface area contributed by atoms with E-state index in [9.17, 15) is 29.4 Å². The van der Waals surface area contributed by atoms with Crippen molar-refractivity contribution in [2.24, 2.45) is 4.99 Å². The van der Waals surface area contributed by atoms with Crippen LogP contribution in [0.2, 0.25) is 0 Å². The van der Waals surface area contributed by atoms with Crippen LogP contribution in [-0.2, 0) is 9.59 Å². The number of H-pyrrole nitrogens is 1. The van der Waals surface area contributed by atoms with Crippen LogP contribution in [-0.4, -0.2) is 52.7 Å². The normalized spacial score (nSPS) is 12.4. The first kappa shape index (κ1) is 28.8. The minimum absolute atomic E-state index is 0. The van der Waals surface area contributed by atoms with Crippen LogP contribution in [0, 0.1) is 0 Å². The number of aliphatic imine (C=N–C) groups is 1. The molecule has 1 aromatic carbocycles. The monoisotopic (exact) mass is 455 g/mol. The van der Waals surface area contributed by atoms with Crippen LogP contribution in [0.15, 0.2) is 34.1 Å². The molecule has 3 rings (SSSR count). The van der Waals surface area contributed by atoms with Gasteiger partial charge in [-0.05, 0) is 37.1 Å². The minimum atomic E-state index is -1.59. The van der Waals surface area contributed by atoms with E-state index in [1.54, 1.807) is 12.1 Å². The average Bonchev–Trinajstić information content (AvgIpc) is 2.75. The number of nitrogens with one attached hydrogen (secondary N) is 4. The van der Waals surface area contributed by atoms with Crippen molar-refractivity contribution >= 4 is 46.7 Å². The molecule has 0 radical (unpaired) electrons. The number of anilines is 3. The molecule has 1 aliphatic rings. The van der Waals surface area contributed by atoms with Gasteiger partial charge in [0.1, 0.15) is 0 Å². The van der Waals surface area contributed by atoms with E-state index < -0.39 is 35.9 Å². The fourth-order valence-corrected chi connectivity index (χ4v) is 2.89. The first-order valence-electron chi connectivity index (χ1n) is 9.48. The molecule has 1 unspecified atom stereocenters. The summed E-state index contributed by atoms with van der Waals surface area (Å²) >= 11 is 0. The predicted molar refractivity (Wildman–Crippen MR) is 110 cm³/mol. The van der Waals surface area contributed by atoms with Gasteiger partial charge in [0.05, 0.1) is 30.8 Å². The van der Waals surface area contributed by atoms with Crippen molar-refractivity contribution in [3.8, 4) is 0 Å². The smallest absolute Gasteiger partial charge is 0.550 e. The summed E-state index contributed by atoms with van der Waals surface area (Å²) in [6.45, 7) is 0.657. The zero-order valence-electron chi connectivity index (χ0n) is 18.6. The molecular weight excluding hydrogens is 436 g/mol. The molecule has 0 fully saturated rings. The molecule has 0 saturated heterocycles. The number of nitrogens with two attached hydrogens (primary N) is 1. The fraction of sp³-hybridized carbons (Fsp3) is 0.263. The number of aromatic amines is 1. The number of benzene rings is 1. The summed E-state index contributed by atoms with van der Waals surface area (Å²) in [5.41, 5.74) is 6.64. The Hall–Kier alpha value is -3.23. The van der Waals surface area contributed by atoms with Gasteiger partial charge in [-0.25, -0.2) is 4.99 Å². The Bertz CT molecular complexity index is 1140. The Morgan fingerprint density at radius 1 is 1.15 bits per heavy atom. The first-order valence-corrected chi connectivity index (χ1v) is 9.48. The summed E-state index contributed by atoms with van der Waals surface area (Å²) in [5, 5.41) is 29.9. The topological polar surface area (TPSA) is 218 Å². The molecule has 0 bridgehead atoms. The van der Waals surface area contributed by atoms with Crippen molar-refractivity contribution in [3.05, 3.63) is 40.2 Å². The van der Waals surface area contributed by atoms with Crippen molar-refractivity contribution in [1.29, 1.82) is 0 Å². The van der Waals surface area contributed by atoms with Gasteiger partial charge in [0, 0.05) is 17.2 Å². The molecule has 168 valence electrons. The van der Waals surface area contributed by atoms with E-state index in [0.717, 1.165) is 0 Å². The quantitative estimate of drug-likeness (QED) is 0.225. The Morgan fingerprint density at radius 2 is 1.82 bits per heavy atom. The van der Waals surface area contributed by atoms with Gasteiger partial charge in [0.25, 0.3) is 11.5 Å². The molecule has 0 spiro atoms. The summed E-state index contributed by atoms with van der Waals surface area (Å²) < 4.78 is 0. The Labute approximate surface area is 217 Å². The van der Waals surface area contributed by atoms with Crippen LogP contribution in [0.25, 0.3) is 0 Å². The number of amides is 1. The SMILES string of the molecule is Nc1nc2c(c(=O)[nH]1)N=C(CNc1ccc(C(=O)NC(CCC(=O)[O-])C(=O)[O-])cc1)CN2.[Li+].[Li+]. The van der Waals surface area contributed by atoms with Gasteiger partial charge < -0.3 is 41.5 Å². The van der Waals surface area contributed by atoms with E-state index in [4.69, 9.17) is 5.73 Å². The van der Waals surface area contributed by atoms with Crippen molar-refractivity contribution in [2.45, 2.75) is 18.9 Å². The number of carboxylic acids is 2. The zero-order chi connectivity index (χ0) is 23.3. The number of carbonyl (C=O) groups is 3. The Balaban J connectivity index is 0.00000289. The average molecular weight is 455 g/mol. The number of aromatic nitrogens is 2. The van der Waals surface area contributed by atoms with E-state index in [0.29, 0.717) is 30.3 Å². The molecule has 1 atom stereocenters. The van der Waals surface area contributed by atoms with Gasteiger partial charge >= 0.3 is 37.7 Å². The number of hydrogen-bond acceptors (Lipinski definition) is 11. The summed E-state index contributed by atoms with van der Waals surface area (Å²) in [7, 11) is 0. The second-order valence-corrected chi connectivity index (χ2v) is 6.87. The van der Waals surface area contributed by atoms with Crippen LogP contribution >= 0.6 is 0 Å². The third-order valence-electron chi connectivity index (χ3n) is 4.51. The van der Waals surface area contributed by atoms with Crippen LogP contribution in [0.5, 0.6) is 0 Å². The maximum absolute atomic E-state index is 12.2. The number of rotatable bonds is 9. The Morgan fingerprint density at radius 3 is 2.44 bits per heavy atom. The number of fused-ring (bicyclic) bond motifs is 1. The van der Waals surface area contributed by atoms with Crippen molar-refractivity contribution in [2.75, 3.05) is 29.5 Å². The molecular formula is C19H19Li2N7O6. The number of nitrogens with zero attached hydrogens (tertiary/aromatic N) is 2. The van der Waals surface area contributed by atoms with E-state index >= 15 is 0 Å². The number of aliphatic carboxylic acids is 2. The predicted octanol–water partition coefficient (Wildman–Crippen LogP) is -8.65. The van der Waals surface area contributed by atoms with Gasteiger partial charge in [-0.3, -0.25) is 14.6 Å². The fourth-order valence-electron chi connectivity index (χ4n) is 2.89. The van der Waals surface area contributed by atoms with Gasteiger partial charge in [0.2, 0.25) is 5.95 Å². The largest absolute Gasteiger partial charge is 1.00 e. The Kier molecular flexibility index (Phi) is 10.9. The molecule has 1 amide bonds. The van der Waals surface area contributed by atoms with Crippen molar-refractivity contribution < 1.29 is 62.3 Å². The number of carboxylic acid groups (broad SMARTS) is 2. The molecule has 0 aliphatic carbocycles. The van der Waals surface area contributed by atoms with E-state index in [1.807, 2.05) is 0 Å². The van der Waals surface area contributed by atoms with Crippen LogP contribution in [0.1, 0.15) is 23.2 Å². The number of nitrogen functional groups attached to an aromatic ring is 1. The van der Waals surface area contributed by atoms with E-state index in [1.165, 1.54) is 12.1 Å². The summed E-state index contributed by atoms with van der Waals surface area (Å²) in [5.74, 6) is -3.40. The van der Waals surface area contributed by atoms with Gasteiger partial charge in [-0.15, -0.1) is 0 Å². The molecule has 34 heavy (non-hydrogen) atoms. The maximum atomic E-state index is 12.2. The molecule has 2 aromatic rings. The van der Waals surface area contributed by atoms with Gasteiger partial charge in [0.15, 0.2) is 11.5 Å². The third kappa shape index (κ3) is 7.68. The molecule has 1 aliphatic heterocycles. The van der Waals surface area contributed by atoms with Crippen LogP contribution in [0.4, 0.5) is 23.1 Å². The first-order chi connectivity index (χ1) is 15.2. The van der Waals surface area contributed by atoms with Crippen molar-refractivity contribution in [3.63, 3.8) is 0 Å². The molecule has 15 heteroatoms. The standard InChI is InChI=1S/C19H21N7O6.2Li/c20-19-25-15-14(17(30)26-19)23-11(8-22-15)7-21-10-3-1-9(2-4-10)16(29)24-12(18(31)32)5-6-13(27)28;;/h1-4,12,21H,5-8H2,(H,24,29)(H,27,28)(H,31,32)(H4,20,22,25,26,30);;/q;2*+1/p-2. The maximum Gasteiger partial charge on any atom is 1.00 e. The number of carbonyl (C=O) groups excluding carboxylic acids is 3. The molecule has 6 N–H and O–H groups in total. The second kappa shape index (κ2) is 12.9. The van der Waals surface area contributed by atoms with Crippen LogP contribution < -0.4 is 75.2 Å².